The maximum Gasteiger partial charge on any atom is 0.416 e. The summed E-state index contributed by atoms with van der Waals surface area (Å²) >= 11 is 0. The molecule has 2 aromatic rings. The Labute approximate surface area is 126 Å². The Morgan fingerprint density at radius 1 is 1.27 bits per heavy atom. The van der Waals surface area contributed by atoms with Gasteiger partial charge in [0, 0.05) is 37.1 Å². The molecule has 1 aliphatic rings. The van der Waals surface area contributed by atoms with Crippen molar-refractivity contribution in [1.29, 1.82) is 0 Å². The fourth-order valence-electron chi connectivity index (χ4n) is 3.20. The lowest BCUT2D eigenvalue weighted by Crippen LogP contribution is -2.36. The number of carbonyl (C=O) groups is 1. The number of rotatable bonds is 1. The Morgan fingerprint density at radius 3 is 2.55 bits per heavy atom. The van der Waals surface area contributed by atoms with Crippen molar-refractivity contribution in [3.8, 4) is 0 Å². The van der Waals surface area contributed by atoms with E-state index in [4.69, 9.17) is 0 Å². The van der Waals surface area contributed by atoms with E-state index in [1.54, 1.807) is 11.1 Å². The Hall–Kier alpha value is -1.98. The summed E-state index contributed by atoms with van der Waals surface area (Å²) in [4.78, 5) is 16.0. The maximum absolute atomic E-state index is 13.1. The highest BCUT2D eigenvalue weighted by Crippen LogP contribution is 2.38. The van der Waals surface area contributed by atoms with Crippen LogP contribution < -0.4 is 0 Å². The highest BCUT2D eigenvalue weighted by atomic mass is 19.4. The van der Waals surface area contributed by atoms with E-state index in [0.717, 1.165) is 17.0 Å². The van der Waals surface area contributed by atoms with Crippen LogP contribution in [0.4, 0.5) is 13.2 Å². The summed E-state index contributed by atoms with van der Waals surface area (Å²) in [5, 5.41) is 0.842. The van der Waals surface area contributed by atoms with Crippen molar-refractivity contribution in [3.63, 3.8) is 0 Å². The standard InChI is InChI=1S/C16H17F3N2O/c1-10(22)21-6-3-11(4-7-21)14-8-12(16(17,18)19)9-15-13(14)2-5-20-15/h2,5,8-9,11,20H,3-4,6-7H2,1H3. The van der Waals surface area contributed by atoms with Gasteiger partial charge in [-0.1, -0.05) is 0 Å². The smallest absolute Gasteiger partial charge is 0.361 e. The molecule has 1 saturated heterocycles. The molecule has 1 aliphatic heterocycles. The number of halogens is 3. The summed E-state index contributed by atoms with van der Waals surface area (Å²) in [7, 11) is 0. The number of nitrogens with zero attached hydrogens (tertiary/aromatic N) is 1. The minimum Gasteiger partial charge on any atom is -0.361 e. The lowest BCUT2D eigenvalue weighted by molar-refractivity contribution is -0.137. The third-order valence-electron chi connectivity index (χ3n) is 4.41. The molecule has 1 aromatic heterocycles. The largest absolute Gasteiger partial charge is 0.416 e. The molecule has 22 heavy (non-hydrogen) atoms. The number of alkyl halides is 3. The lowest BCUT2D eigenvalue weighted by Gasteiger charge is -2.32. The number of carbonyl (C=O) groups excluding carboxylic acids is 1. The van der Waals surface area contributed by atoms with Crippen LogP contribution in [0.3, 0.4) is 0 Å². The number of piperidine rings is 1. The van der Waals surface area contributed by atoms with Crippen molar-refractivity contribution < 1.29 is 18.0 Å². The Bertz CT molecular complexity index is 697. The normalized spacial score (nSPS) is 17.2. The zero-order chi connectivity index (χ0) is 15.9. The van der Waals surface area contributed by atoms with Crippen LogP contribution in [-0.2, 0) is 11.0 Å². The SMILES string of the molecule is CC(=O)N1CCC(c2cc(C(F)(F)F)cc3[nH]ccc23)CC1. The molecule has 1 amide bonds. The van der Waals surface area contributed by atoms with Crippen molar-refractivity contribution in [2.45, 2.75) is 31.9 Å². The predicted octanol–water partition coefficient (Wildman–Crippen LogP) is 3.91. The second kappa shape index (κ2) is 5.34. The zero-order valence-electron chi connectivity index (χ0n) is 12.2. The first-order valence-corrected chi connectivity index (χ1v) is 7.30. The highest BCUT2D eigenvalue weighted by Gasteiger charge is 2.33. The van der Waals surface area contributed by atoms with Gasteiger partial charge in [0.1, 0.15) is 0 Å². The third-order valence-corrected chi connectivity index (χ3v) is 4.41. The molecule has 1 fully saturated rings. The monoisotopic (exact) mass is 310 g/mol. The van der Waals surface area contributed by atoms with Gasteiger partial charge < -0.3 is 9.88 Å². The molecule has 0 saturated carbocycles. The quantitative estimate of drug-likeness (QED) is 0.851. The molecule has 1 aromatic carbocycles. The fourth-order valence-corrected chi connectivity index (χ4v) is 3.20. The topological polar surface area (TPSA) is 36.1 Å². The Morgan fingerprint density at radius 2 is 1.95 bits per heavy atom. The summed E-state index contributed by atoms with van der Waals surface area (Å²) in [6.45, 7) is 2.72. The minimum absolute atomic E-state index is 0.0225. The van der Waals surface area contributed by atoms with Crippen LogP contribution in [0.5, 0.6) is 0 Å². The van der Waals surface area contributed by atoms with E-state index < -0.39 is 11.7 Å². The molecular formula is C16H17F3N2O. The summed E-state index contributed by atoms with van der Waals surface area (Å²) in [5.74, 6) is 0.0745. The molecule has 0 spiro atoms. The van der Waals surface area contributed by atoms with E-state index in [2.05, 4.69) is 4.98 Å². The number of aromatic amines is 1. The molecule has 3 rings (SSSR count). The molecule has 2 heterocycles. The maximum atomic E-state index is 13.1. The molecule has 0 aliphatic carbocycles. The Balaban J connectivity index is 1.96. The number of likely N-dealkylation sites (tertiary alicyclic amines) is 1. The van der Waals surface area contributed by atoms with Crippen LogP contribution in [0, 0.1) is 0 Å². The Kier molecular flexibility index (Phi) is 3.62. The second-order valence-electron chi connectivity index (χ2n) is 5.78. The van der Waals surface area contributed by atoms with Crippen molar-refractivity contribution in [2.24, 2.45) is 0 Å². The van der Waals surface area contributed by atoms with Crippen LogP contribution >= 0.6 is 0 Å². The van der Waals surface area contributed by atoms with E-state index >= 15 is 0 Å². The average Bonchev–Trinajstić information content (AvgIpc) is 2.93. The van der Waals surface area contributed by atoms with Gasteiger partial charge in [-0.2, -0.15) is 13.2 Å². The predicted molar refractivity (Wildman–Crippen MR) is 77.5 cm³/mol. The van der Waals surface area contributed by atoms with E-state index in [-0.39, 0.29) is 11.8 Å². The molecule has 0 unspecified atom stereocenters. The van der Waals surface area contributed by atoms with Gasteiger partial charge in [0.2, 0.25) is 5.91 Å². The van der Waals surface area contributed by atoms with E-state index in [1.165, 1.54) is 13.0 Å². The van der Waals surface area contributed by atoms with Gasteiger partial charge in [-0.15, -0.1) is 0 Å². The number of amides is 1. The molecule has 1 N–H and O–H groups in total. The van der Waals surface area contributed by atoms with E-state index in [1.807, 2.05) is 6.07 Å². The fraction of sp³-hybridized carbons (Fsp3) is 0.438. The van der Waals surface area contributed by atoms with Gasteiger partial charge in [0.25, 0.3) is 0 Å². The van der Waals surface area contributed by atoms with Crippen LogP contribution in [-0.4, -0.2) is 28.9 Å². The average molecular weight is 310 g/mol. The molecule has 0 radical (unpaired) electrons. The van der Waals surface area contributed by atoms with Crippen molar-refractivity contribution in [1.82, 2.24) is 9.88 Å². The second-order valence-corrected chi connectivity index (χ2v) is 5.78. The first kappa shape index (κ1) is 14.9. The summed E-state index contributed by atoms with van der Waals surface area (Å²) in [6, 6.07) is 4.25. The van der Waals surface area contributed by atoms with Crippen LogP contribution in [0.2, 0.25) is 0 Å². The van der Waals surface area contributed by atoms with Gasteiger partial charge in [-0.25, -0.2) is 0 Å². The number of H-pyrrole nitrogens is 1. The molecule has 0 atom stereocenters. The summed E-state index contributed by atoms with van der Waals surface area (Å²) in [5.41, 5.74) is 0.625. The first-order chi connectivity index (χ1) is 10.4. The van der Waals surface area contributed by atoms with E-state index in [0.29, 0.717) is 31.4 Å². The van der Waals surface area contributed by atoms with Gasteiger partial charge in [-0.3, -0.25) is 4.79 Å². The number of hydrogen-bond donors (Lipinski definition) is 1. The number of nitrogens with one attached hydrogen (secondary N) is 1. The third kappa shape index (κ3) is 2.69. The minimum atomic E-state index is -4.35. The first-order valence-electron chi connectivity index (χ1n) is 7.30. The number of benzene rings is 1. The van der Waals surface area contributed by atoms with Gasteiger partial charge >= 0.3 is 6.18 Å². The van der Waals surface area contributed by atoms with Gasteiger partial charge in [0.15, 0.2) is 0 Å². The molecular weight excluding hydrogens is 293 g/mol. The molecule has 0 bridgehead atoms. The number of hydrogen-bond acceptors (Lipinski definition) is 1. The lowest BCUT2D eigenvalue weighted by atomic mass is 9.86. The van der Waals surface area contributed by atoms with Gasteiger partial charge in [0.05, 0.1) is 5.56 Å². The summed E-state index contributed by atoms with van der Waals surface area (Å²) in [6.07, 6.45) is -1.30. The van der Waals surface area contributed by atoms with Crippen LogP contribution in [0.1, 0.15) is 36.8 Å². The molecule has 3 nitrogen and oxygen atoms in total. The van der Waals surface area contributed by atoms with Crippen molar-refractivity contribution >= 4 is 16.8 Å². The van der Waals surface area contributed by atoms with Gasteiger partial charge in [-0.05, 0) is 42.5 Å². The van der Waals surface area contributed by atoms with Crippen molar-refractivity contribution in [2.75, 3.05) is 13.1 Å². The van der Waals surface area contributed by atoms with Crippen LogP contribution in [0.25, 0.3) is 10.9 Å². The highest BCUT2D eigenvalue weighted by molar-refractivity contribution is 5.84. The van der Waals surface area contributed by atoms with Crippen LogP contribution in [0.15, 0.2) is 24.4 Å². The van der Waals surface area contributed by atoms with Crippen molar-refractivity contribution in [3.05, 3.63) is 35.5 Å². The van der Waals surface area contributed by atoms with E-state index in [9.17, 15) is 18.0 Å². The number of fused-ring (bicyclic) bond motifs is 1. The molecule has 6 heteroatoms. The molecule has 118 valence electrons. The number of aromatic nitrogens is 1. The zero-order valence-corrected chi connectivity index (χ0v) is 12.2. The summed E-state index contributed by atoms with van der Waals surface area (Å²) < 4.78 is 39.2.